The van der Waals surface area contributed by atoms with Gasteiger partial charge in [-0.15, -0.1) is 0 Å². The lowest BCUT2D eigenvalue weighted by Gasteiger charge is -2.35. The van der Waals surface area contributed by atoms with Crippen LogP contribution in [0.5, 0.6) is 5.75 Å². The zero-order valence-electron chi connectivity index (χ0n) is 20.5. The van der Waals surface area contributed by atoms with E-state index in [1.807, 2.05) is 4.90 Å². The van der Waals surface area contributed by atoms with E-state index >= 15 is 0 Å². The molecule has 0 amide bonds. The third kappa shape index (κ3) is 5.64. The van der Waals surface area contributed by atoms with E-state index in [1.54, 1.807) is 24.3 Å². The van der Waals surface area contributed by atoms with Crippen LogP contribution in [-0.2, 0) is 15.8 Å². The van der Waals surface area contributed by atoms with E-state index < -0.39 is 32.8 Å². The van der Waals surface area contributed by atoms with Crippen molar-refractivity contribution in [3.8, 4) is 11.4 Å². The number of halogens is 2. The molecule has 4 N–H and O–H groups in total. The van der Waals surface area contributed by atoms with Crippen LogP contribution in [0.25, 0.3) is 5.69 Å². The van der Waals surface area contributed by atoms with Crippen molar-refractivity contribution >= 4 is 21.4 Å². The zero-order valence-corrected chi connectivity index (χ0v) is 21.3. The monoisotopic (exact) mass is 546 g/mol. The number of piperazine rings is 1. The highest BCUT2D eigenvalue weighted by Gasteiger charge is 2.40. The minimum Gasteiger partial charge on any atom is -0.484 e. The molecule has 1 aromatic heterocycles. The second kappa shape index (κ2) is 9.97. The summed E-state index contributed by atoms with van der Waals surface area (Å²) in [4.78, 5) is 15.2. The molecule has 1 aliphatic carbocycles. The molecule has 38 heavy (non-hydrogen) atoms. The standard InChI is InChI=1S/C25H28F2N6O4S/c26-18-11-19(27)13-21(12-18)33-24(34)23(37-16-25(29)5-6-25)22(14-30-33)31-7-9-32(10-8-31)38(35,36)15-17-1-3-20(28)4-2-17/h1-4,11-14H,5-10,15-16,28-29H2. The van der Waals surface area contributed by atoms with Gasteiger partial charge in [0.15, 0.2) is 0 Å². The summed E-state index contributed by atoms with van der Waals surface area (Å²) in [6.07, 6.45) is 2.89. The minimum absolute atomic E-state index is 0.0559. The van der Waals surface area contributed by atoms with Gasteiger partial charge in [-0.05, 0) is 42.7 Å². The Balaban J connectivity index is 1.38. The van der Waals surface area contributed by atoms with Crippen molar-refractivity contribution in [3.05, 3.63) is 76.2 Å². The lowest BCUT2D eigenvalue weighted by Crippen LogP contribution is -2.49. The molecular weight excluding hydrogens is 518 g/mol. The van der Waals surface area contributed by atoms with E-state index in [-0.39, 0.29) is 50.0 Å². The molecule has 2 aliphatic rings. The van der Waals surface area contributed by atoms with Crippen LogP contribution in [0.4, 0.5) is 20.2 Å². The summed E-state index contributed by atoms with van der Waals surface area (Å²) >= 11 is 0. The number of nitrogens with two attached hydrogens (primary N) is 2. The van der Waals surface area contributed by atoms with E-state index in [0.717, 1.165) is 29.7 Å². The number of aromatic nitrogens is 2. The predicted octanol–water partition coefficient (Wildman–Crippen LogP) is 1.62. The smallest absolute Gasteiger partial charge is 0.316 e. The van der Waals surface area contributed by atoms with Gasteiger partial charge in [0.2, 0.25) is 15.8 Å². The fourth-order valence-electron chi connectivity index (χ4n) is 4.28. The summed E-state index contributed by atoms with van der Waals surface area (Å²) in [5.74, 6) is -1.91. The van der Waals surface area contributed by atoms with E-state index in [0.29, 0.717) is 23.0 Å². The first-order valence-corrected chi connectivity index (χ1v) is 13.7. The molecule has 2 fully saturated rings. The summed E-state index contributed by atoms with van der Waals surface area (Å²) in [6, 6.07) is 9.37. The van der Waals surface area contributed by atoms with Crippen LogP contribution in [0.3, 0.4) is 0 Å². The number of hydrogen-bond acceptors (Lipinski definition) is 8. The molecule has 3 aromatic rings. The first kappa shape index (κ1) is 26.1. The maximum absolute atomic E-state index is 13.8. The van der Waals surface area contributed by atoms with Crippen LogP contribution < -0.4 is 26.7 Å². The number of nitrogens with zero attached hydrogens (tertiary/aromatic N) is 4. The summed E-state index contributed by atoms with van der Waals surface area (Å²) < 4.78 is 61.8. The Kier molecular flexibility index (Phi) is 6.84. The Morgan fingerprint density at radius 3 is 2.24 bits per heavy atom. The molecule has 0 radical (unpaired) electrons. The molecule has 1 saturated heterocycles. The zero-order chi connectivity index (χ0) is 27.1. The Labute approximate surface area is 218 Å². The largest absolute Gasteiger partial charge is 0.484 e. The fourth-order valence-corrected chi connectivity index (χ4v) is 5.80. The highest BCUT2D eigenvalue weighted by Crippen LogP contribution is 2.34. The van der Waals surface area contributed by atoms with Crippen LogP contribution in [0, 0.1) is 11.6 Å². The molecule has 0 spiro atoms. The first-order valence-electron chi connectivity index (χ1n) is 12.1. The van der Waals surface area contributed by atoms with E-state index in [4.69, 9.17) is 16.2 Å². The van der Waals surface area contributed by atoms with Crippen LogP contribution >= 0.6 is 0 Å². The molecule has 13 heteroatoms. The van der Waals surface area contributed by atoms with Gasteiger partial charge in [-0.25, -0.2) is 17.2 Å². The topological polar surface area (TPSA) is 137 Å². The number of nitrogen functional groups attached to an aromatic ring is 1. The highest BCUT2D eigenvalue weighted by molar-refractivity contribution is 7.88. The van der Waals surface area contributed by atoms with Crippen molar-refractivity contribution in [3.63, 3.8) is 0 Å². The number of sulfonamides is 1. The normalized spacial score (nSPS) is 17.4. The first-order chi connectivity index (χ1) is 18.0. The van der Waals surface area contributed by atoms with Crippen LogP contribution in [0.1, 0.15) is 18.4 Å². The molecule has 202 valence electrons. The van der Waals surface area contributed by atoms with Gasteiger partial charge in [0, 0.05) is 37.9 Å². The van der Waals surface area contributed by atoms with Crippen molar-refractivity contribution in [1.29, 1.82) is 0 Å². The van der Waals surface area contributed by atoms with E-state index in [1.165, 1.54) is 10.5 Å². The summed E-state index contributed by atoms with van der Waals surface area (Å²) in [7, 11) is -3.58. The molecule has 0 bridgehead atoms. The van der Waals surface area contributed by atoms with Crippen molar-refractivity contribution in [2.24, 2.45) is 5.73 Å². The summed E-state index contributed by atoms with van der Waals surface area (Å²) in [5, 5.41) is 4.13. The lowest BCUT2D eigenvalue weighted by molar-refractivity contribution is 0.273. The van der Waals surface area contributed by atoms with Crippen LogP contribution in [-0.4, -0.2) is 60.8 Å². The molecule has 0 unspecified atom stereocenters. The molecule has 10 nitrogen and oxygen atoms in total. The van der Waals surface area contributed by atoms with Gasteiger partial charge in [-0.2, -0.15) is 14.1 Å². The number of hydrogen-bond donors (Lipinski definition) is 2. The average Bonchev–Trinajstić information content (AvgIpc) is 3.61. The summed E-state index contributed by atoms with van der Waals surface area (Å²) in [6.45, 7) is 1.04. The van der Waals surface area contributed by atoms with E-state index in [9.17, 15) is 22.0 Å². The minimum atomic E-state index is -3.58. The van der Waals surface area contributed by atoms with Gasteiger partial charge in [0.25, 0.3) is 0 Å². The Morgan fingerprint density at radius 1 is 1.00 bits per heavy atom. The van der Waals surface area contributed by atoms with Crippen LogP contribution in [0.15, 0.2) is 53.5 Å². The molecular formula is C25H28F2N6O4S. The third-order valence-electron chi connectivity index (χ3n) is 6.70. The number of benzene rings is 2. The van der Waals surface area contributed by atoms with Crippen molar-refractivity contribution in [1.82, 2.24) is 14.1 Å². The molecule has 1 aliphatic heterocycles. The number of anilines is 2. The maximum atomic E-state index is 13.8. The van der Waals surface area contributed by atoms with Gasteiger partial charge < -0.3 is 21.1 Å². The van der Waals surface area contributed by atoms with Crippen molar-refractivity contribution < 1.29 is 21.9 Å². The third-order valence-corrected chi connectivity index (χ3v) is 8.55. The Morgan fingerprint density at radius 2 is 1.63 bits per heavy atom. The average molecular weight is 547 g/mol. The second-order valence-corrected chi connectivity index (χ2v) is 11.7. The quantitative estimate of drug-likeness (QED) is 0.407. The van der Waals surface area contributed by atoms with Gasteiger partial charge in [-0.3, -0.25) is 4.79 Å². The highest BCUT2D eigenvalue weighted by atomic mass is 32.2. The van der Waals surface area contributed by atoms with Crippen LogP contribution in [0.2, 0.25) is 0 Å². The molecule has 2 aromatic carbocycles. The number of rotatable bonds is 8. The van der Waals surface area contributed by atoms with Gasteiger partial charge in [0.1, 0.15) is 23.9 Å². The lowest BCUT2D eigenvalue weighted by atomic mass is 10.2. The summed E-state index contributed by atoms with van der Waals surface area (Å²) in [5.41, 5.74) is 12.1. The molecule has 0 atom stereocenters. The van der Waals surface area contributed by atoms with Gasteiger partial charge in [-0.1, -0.05) is 12.1 Å². The van der Waals surface area contributed by atoms with Crippen molar-refractivity contribution in [2.45, 2.75) is 24.1 Å². The van der Waals surface area contributed by atoms with Gasteiger partial charge >= 0.3 is 5.56 Å². The number of ether oxygens (including phenoxy) is 1. The molecule has 1 saturated carbocycles. The Hall–Kier alpha value is -3.55. The van der Waals surface area contributed by atoms with Gasteiger partial charge in [0.05, 0.1) is 23.2 Å². The SMILES string of the molecule is Nc1ccc(CS(=O)(=O)N2CCN(c3cnn(-c4cc(F)cc(F)c4)c(=O)c3OCC3(N)CC3)CC2)cc1. The van der Waals surface area contributed by atoms with Crippen molar-refractivity contribution in [2.75, 3.05) is 43.4 Å². The Bertz CT molecular complexity index is 1480. The molecule has 5 rings (SSSR count). The molecule has 2 heterocycles. The second-order valence-electron chi connectivity index (χ2n) is 9.74. The fraction of sp³-hybridized carbons (Fsp3) is 0.360. The maximum Gasteiger partial charge on any atom is 0.316 e. The van der Waals surface area contributed by atoms with E-state index in [2.05, 4.69) is 5.10 Å². The predicted molar refractivity (Wildman–Crippen MR) is 139 cm³/mol.